The predicted molar refractivity (Wildman–Crippen MR) is 80.3 cm³/mol. The highest BCUT2D eigenvalue weighted by atomic mass is 16.6. The fraction of sp³-hybridized carbons (Fsp3) is 0.786. The van der Waals surface area contributed by atoms with Gasteiger partial charge in [0.2, 0.25) is 0 Å². The molecule has 0 aromatic heterocycles. The van der Waals surface area contributed by atoms with Gasteiger partial charge < -0.3 is 30.1 Å². The van der Waals surface area contributed by atoms with Crippen LogP contribution < -0.4 is 10.6 Å². The van der Waals surface area contributed by atoms with Gasteiger partial charge in [-0.1, -0.05) is 0 Å². The van der Waals surface area contributed by atoms with Crippen LogP contribution >= 0.6 is 0 Å². The molecule has 2 aliphatic heterocycles. The summed E-state index contributed by atoms with van der Waals surface area (Å²) in [6.07, 6.45) is -0.609. The fourth-order valence-electron chi connectivity index (χ4n) is 2.57. The minimum atomic E-state index is -0.959. The van der Waals surface area contributed by atoms with Gasteiger partial charge >= 0.3 is 6.09 Å². The molecule has 8 nitrogen and oxygen atoms in total. The van der Waals surface area contributed by atoms with Crippen molar-refractivity contribution in [3.05, 3.63) is 11.9 Å². The Morgan fingerprint density at radius 1 is 1.36 bits per heavy atom. The lowest BCUT2D eigenvalue weighted by molar-refractivity contribution is -0.00752. The lowest BCUT2D eigenvalue weighted by Crippen LogP contribution is -2.59. The lowest BCUT2D eigenvalue weighted by atomic mass is 10.1. The molecule has 1 amide bonds. The van der Waals surface area contributed by atoms with Crippen LogP contribution in [0.2, 0.25) is 0 Å². The first-order valence-corrected chi connectivity index (χ1v) is 7.50. The summed E-state index contributed by atoms with van der Waals surface area (Å²) >= 11 is 0. The molecule has 2 aliphatic rings. The highest BCUT2D eigenvalue weighted by Gasteiger charge is 2.33. The van der Waals surface area contributed by atoms with Gasteiger partial charge in [0.05, 0.1) is 5.70 Å². The van der Waals surface area contributed by atoms with Gasteiger partial charge in [-0.05, 0) is 27.7 Å². The summed E-state index contributed by atoms with van der Waals surface area (Å²) < 4.78 is 5.41. The van der Waals surface area contributed by atoms with Crippen LogP contribution in [0.4, 0.5) is 4.79 Å². The molecule has 2 rings (SSSR count). The molecule has 0 aromatic carbocycles. The van der Waals surface area contributed by atoms with Crippen LogP contribution in [0.15, 0.2) is 11.9 Å². The van der Waals surface area contributed by atoms with Crippen LogP contribution in [0.1, 0.15) is 27.7 Å². The van der Waals surface area contributed by atoms with E-state index < -0.39 is 18.2 Å². The Balaban J connectivity index is 1.97. The van der Waals surface area contributed by atoms with Crippen molar-refractivity contribution in [3.63, 3.8) is 0 Å². The van der Waals surface area contributed by atoms with E-state index in [0.717, 1.165) is 0 Å². The molecular formula is C14H26N4O4. The van der Waals surface area contributed by atoms with E-state index in [1.54, 1.807) is 11.1 Å². The average molecular weight is 314 g/mol. The average Bonchev–Trinajstić information content (AvgIpc) is 2.36. The second-order valence-corrected chi connectivity index (χ2v) is 6.68. The fourth-order valence-corrected chi connectivity index (χ4v) is 2.57. The number of hydrogen-bond donors (Lipinski definition) is 4. The van der Waals surface area contributed by atoms with E-state index in [0.29, 0.717) is 25.3 Å². The standard InChI is InChI=1S/C14H26N4O4/c1-9-8-17(10-7-15-12(20)16-11(10)19)5-6-18(9)13(21)22-14(2,3)4/h7,9,11-12,15-16,19-20H,5-6,8H2,1-4H3/t9-,11-,12-/m1/s1. The van der Waals surface area contributed by atoms with Crippen LogP contribution in [0.25, 0.3) is 0 Å². The van der Waals surface area contributed by atoms with Crippen LogP contribution in [-0.2, 0) is 4.74 Å². The highest BCUT2D eigenvalue weighted by molar-refractivity contribution is 5.68. The smallest absolute Gasteiger partial charge is 0.410 e. The largest absolute Gasteiger partial charge is 0.444 e. The van der Waals surface area contributed by atoms with Crippen LogP contribution in [0.5, 0.6) is 0 Å². The van der Waals surface area contributed by atoms with E-state index in [-0.39, 0.29) is 12.1 Å². The maximum absolute atomic E-state index is 12.2. The van der Waals surface area contributed by atoms with Crippen molar-refractivity contribution in [2.45, 2.75) is 51.9 Å². The molecule has 0 aromatic rings. The second kappa shape index (κ2) is 6.31. The number of carbonyl (C=O) groups excluding carboxylic acids is 1. The van der Waals surface area contributed by atoms with E-state index in [1.807, 2.05) is 32.6 Å². The monoisotopic (exact) mass is 314 g/mol. The minimum absolute atomic E-state index is 0.0384. The number of aliphatic hydroxyl groups is 2. The predicted octanol–water partition coefficient (Wildman–Crippen LogP) is -0.444. The Labute approximate surface area is 130 Å². The van der Waals surface area contributed by atoms with Crippen molar-refractivity contribution in [2.24, 2.45) is 0 Å². The van der Waals surface area contributed by atoms with Crippen LogP contribution in [0.3, 0.4) is 0 Å². The first-order chi connectivity index (χ1) is 10.2. The zero-order valence-electron chi connectivity index (χ0n) is 13.5. The van der Waals surface area contributed by atoms with E-state index in [9.17, 15) is 15.0 Å². The maximum atomic E-state index is 12.2. The molecule has 0 aliphatic carbocycles. The first kappa shape index (κ1) is 16.9. The first-order valence-electron chi connectivity index (χ1n) is 7.50. The molecule has 2 heterocycles. The van der Waals surface area contributed by atoms with Gasteiger partial charge in [0.25, 0.3) is 0 Å². The van der Waals surface area contributed by atoms with Gasteiger partial charge in [0, 0.05) is 31.9 Å². The van der Waals surface area contributed by atoms with Gasteiger partial charge in [-0.2, -0.15) is 0 Å². The number of rotatable bonds is 1. The number of amides is 1. The zero-order valence-corrected chi connectivity index (χ0v) is 13.5. The maximum Gasteiger partial charge on any atom is 0.410 e. The summed E-state index contributed by atoms with van der Waals surface area (Å²) in [6.45, 7) is 9.17. The third-order valence-corrected chi connectivity index (χ3v) is 3.61. The third kappa shape index (κ3) is 4.02. The van der Waals surface area contributed by atoms with Crippen molar-refractivity contribution < 1.29 is 19.7 Å². The molecule has 126 valence electrons. The summed E-state index contributed by atoms with van der Waals surface area (Å²) in [7, 11) is 0. The van der Waals surface area contributed by atoms with Crippen LogP contribution in [-0.4, -0.2) is 70.0 Å². The number of nitrogens with zero attached hydrogens (tertiary/aromatic N) is 2. The van der Waals surface area contributed by atoms with Crippen molar-refractivity contribution >= 4 is 6.09 Å². The Bertz CT molecular complexity index is 449. The quantitative estimate of drug-likeness (QED) is 0.521. The molecule has 0 bridgehead atoms. The SMILES string of the molecule is C[C@@H]1CN(C2=CN[C@@H](O)N[C@@H]2O)CCN1C(=O)OC(C)(C)C. The molecule has 1 saturated heterocycles. The Hall–Kier alpha value is -1.51. The summed E-state index contributed by atoms with van der Waals surface area (Å²) in [5.74, 6) is 0. The Morgan fingerprint density at radius 3 is 2.59 bits per heavy atom. The van der Waals surface area contributed by atoms with Crippen molar-refractivity contribution in [2.75, 3.05) is 19.6 Å². The Morgan fingerprint density at radius 2 is 2.05 bits per heavy atom. The van der Waals surface area contributed by atoms with Gasteiger partial charge in [-0.25, -0.2) is 10.1 Å². The van der Waals surface area contributed by atoms with Gasteiger partial charge in [0.1, 0.15) is 5.60 Å². The van der Waals surface area contributed by atoms with Gasteiger partial charge in [-0.15, -0.1) is 0 Å². The van der Waals surface area contributed by atoms with E-state index in [4.69, 9.17) is 4.74 Å². The van der Waals surface area contributed by atoms with E-state index in [1.165, 1.54) is 0 Å². The van der Waals surface area contributed by atoms with Crippen molar-refractivity contribution in [1.29, 1.82) is 0 Å². The zero-order chi connectivity index (χ0) is 16.5. The molecule has 22 heavy (non-hydrogen) atoms. The minimum Gasteiger partial charge on any atom is -0.444 e. The lowest BCUT2D eigenvalue weighted by Gasteiger charge is -2.43. The highest BCUT2D eigenvalue weighted by Crippen LogP contribution is 2.20. The molecule has 0 spiro atoms. The topological polar surface area (TPSA) is 97.3 Å². The second-order valence-electron chi connectivity index (χ2n) is 6.68. The molecule has 8 heteroatoms. The Kier molecular flexibility index (Phi) is 4.84. The summed E-state index contributed by atoms with van der Waals surface area (Å²) in [6, 6.07) is -0.0384. The number of ether oxygens (including phenoxy) is 1. The third-order valence-electron chi connectivity index (χ3n) is 3.61. The normalized spacial score (nSPS) is 29.7. The summed E-state index contributed by atoms with van der Waals surface area (Å²) in [5, 5.41) is 24.6. The number of aliphatic hydroxyl groups excluding tert-OH is 2. The molecule has 1 fully saturated rings. The molecular weight excluding hydrogens is 288 g/mol. The van der Waals surface area contributed by atoms with Crippen molar-refractivity contribution in [3.8, 4) is 0 Å². The number of hydrogen-bond acceptors (Lipinski definition) is 7. The van der Waals surface area contributed by atoms with E-state index >= 15 is 0 Å². The number of piperazine rings is 1. The van der Waals surface area contributed by atoms with Gasteiger partial charge in [0.15, 0.2) is 12.6 Å². The number of nitrogens with one attached hydrogen (secondary N) is 2. The summed E-state index contributed by atoms with van der Waals surface area (Å²) in [5.41, 5.74) is 0.140. The molecule has 0 unspecified atom stereocenters. The van der Waals surface area contributed by atoms with Gasteiger partial charge in [-0.3, -0.25) is 0 Å². The number of carbonyl (C=O) groups is 1. The summed E-state index contributed by atoms with van der Waals surface area (Å²) in [4.78, 5) is 15.9. The molecule has 0 radical (unpaired) electrons. The van der Waals surface area contributed by atoms with E-state index in [2.05, 4.69) is 10.6 Å². The molecule has 0 saturated carbocycles. The molecule has 3 atom stereocenters. The van der Waals surface area contributed by atoms with Crippen LogP contribution in [0, 0.1) is 0 Å². The molecule has 4 N–H and O–H groups in total. The van der Waals surface area contributed by atoms with Crippen molar-refractivity contribution in [1.82, 2.24) is 20.4 Å².